The Hall–Kier alpha value is 0. The summed E-state index contributed by atoms with van der Waals surface area (Å²) in [5.74, 6) is 0. The maximum absolute atomic E-state index is 2.58. The molecule has 16 heavy (non-hydrogen) atoms. The van der Waals surface area contributed by atoms with Gasteiger partial charge in [-0.2, -0.15) is 0 Å². The lowest BCUT2D eigenvalue weighted by Gasteiger charge is -2.29. The molecule has 0 aliphatic heterocycles. The summed E-state index contributed by atoms with van der Waals surface area (Å²) in [7, 11) is 0. The topological polar surface area (TPSA) is 0 Å². The van der Waals surface area contributed by atoms with Crippen LogP contribution in [0.15, 0.2) is 0 Å². The molecule has 0 saturated heterocycles. The molecular formula is C16H31. The molecule has 0 heterocycles. The van der Waals surface area contributed by atoms with Gasteiger partial charge in [-0.15, -0.1) is 0 Å². The zero-order chi connectivity index (χ0) is 11.7. The highest BCUT2D eigenvalue weighted by atomic mass is 14.3. The number of hydrogen-bond donors (Lipinski definition) is 0. The van der Waals surface area contributed by atoms with Gasteiger partial charge in [0, 0.05) is 0 Å². The van der Waals surface area contributed by atoms with Gasteiger partial charge < -0.3 is 0 Å². The van der Waals surface area contributed by atoms with E-state index in [1.54, 1.807) is 0 Å². The third kappa shape index (κ3) is 5.92. The summed E-state index contributed by atoms with van der Waals surface area (Å²) in [5, 5.41) is 0. The Bertz CT molecular complexity index is 147. The van der Waals surface area contributed by atoms with Gasteiger partial charge in [-0.25, -0.2) is 0 Å². The van der Waals surface area contributed by atoms with Crippen molar-refractivity contribution in [3.8, 4) is 0 Å². The van der Waals surface area contributed by atoms with E-state index in [0.29, 0.717) is 5.41 Å². The first-order chi connectivity index (χ1) is 7.77. The standard InChI is InChI=1S/C16H31/c1-3-13-16(2)14-11-9-7-5-4-6-8-10-12-15-16/h13H,3-12,14-15H2,1-2H3. The van der Waals surface area contributed by atoms with Crippen molar-refractivity contribution < 1.29 is 0 Å². The molecule has 0 atom stereocenters. The maximum atomic E-state index is 2.58. The summed E-state index contributed by atoms with van der Waals surface area (Å²) in [5.41, 5.74) is 0.550. The molecule has 1 aliphatic rings. The van der Waals surface area contributed by atoms with Crippen LogP contribution in [0.2, 0.25) is 0 Å². The van der Waals surface area contributed by atoms with Gasteiger partial charge in [0.2, 0.25) is 0 Å². The van der Waals surface area contributed by atoms with E-state index in [9.17, 15) is 0 Å². The zero-order valence-corrected chi connectivity index (χ0v) is 11.6. The van der Waals surface area contributed by atoms with Crippen molar-refractivity contribution in [2.75, 3.05) is 0 Å². The van der Waals surface area contributed by atoms with Gasteiger partial charge in [0.15, 0.2) is 0 Å². The molecule has 0 spiro atoms. The maximum Gasteiger partial charge on any atom is -0.0295 e. The first kappa shape index (κ1) is 14.1. The molecule has 0 heteroatoms. The molecule has 0 aromatic heterocycles. The Morgan fingerprint density at radius 1 is 0.750 bits per heavy atom. The van der Waals surface area contributed by atoms with Crippen molar-refractivity contribution in [1.82, 2.24) is 0 Å². The van der Waals surface area contributed by atoms with Crippen molar-refractivity contribution >= 4 is 0 Å². The van der Waals surface area contributed by atoms with Crippen molar-refractivity contribution in [3.63, 3.8) is 0 Å². The van der Waals surface area contributed by atoms with E-state index in [1.807, 2.05) is 0 Å². The Labute approximate surface area is 103 Å². The van der Waals surface area contributed by atoms with Crippen LogP contribution in [0.1, 0.15) is 90.9 Å². The number of rotatable bonds is 2. The molecule has 1 aliphatic carbocycles. The largest absolute Gasteiger partial charge is 0.0651 e. The lowest BCUT2D eigenvalue weighted by atomic mass is 9.76. The lowest BCUT2D eigenvalue weighted by Crippen LogP contribution is -2.17. The summed E-state index contributed by atoms with van der Waals surface area (Å²) in [6.45, 7) is 4.78. The van der Waals surface area contributed by atoms with Crippen LogP contribution in [0, 0.1) is 11.8 Å². The molecule has 0 nitrogen and oxygen atoms in total. The van der Waals surface area contributed by atoms with Gasteiger partial charge in [-0.3, -0.25) is 0 Å². The van der Waals surface area contributed by atoms with Crippen LogP contribution in [0.4, 0.5) is 0 Å². The second kappa shape index (κ2) is 8.14. The van der Waals surface area contributed by atoms with Crippen LogP contribution in [0.3, 0.4) is 0 Å². The van der Waals surface area contributed by atoms with E-state index < -0.39 is 0 Å². The predicted octanol–water partition coefficient (Wildman–Crippen LogP) is 5.91. The molecular weight excluding hydrogens is 192 g/mol. The fourth-order valence-electron chi connectivity index (χ4n) is 3.12. The average molecular weight is 223 g/mol. The summed E-state index contributed by atoms with van der Waals surface area (Å²) >= 11 is 0. The van der Waals surface area contributed by atoms with Crippen LogP contribution >= 0.6 is 0 Å². The summed E-state index contributed by atoms with van der Waals surface area (Å²) in [6, 6.07) is 0. The third-order valence-corrected chi connectivity index (χ3v) is 4.19. The molecule has 1 radical (unpaired) electrons. The van der Waals surface area contributed by atoms with Crippen LogP contribution < -0.4 is 0 Å². The van der Waals surface area contributed by atoms with Crippen molar-refractivity contribution in [3.05, 3.63) is 6.42 Å². The van der Waals surface area contributed by atoms with Gasteiger partial charge in [-0.05, 0) is 24.7 Å². The first-order valence-corrected chi connectivity index (χ1v) is 7.61. The minimum absolute atomic E-state index is 0.550. The second-order valence-electron chi connectivity index (χ2n) is 5.95. The molecule has 0 unspecified atom stereocenters. The fraction of sp³-hybridized carbons (Fsp3) is 0.938. The van der Waals surface area contributed by atoms with E-state index >= 15 is 0 Å². The van der Waals surface area contributed by atoms with Crippen LogP contribution in [-0.2, 0) is 0 Å². The van der Waals surface area contributed by atoms with E-state index in [0.717, 1.165) is 0 Å². The smallest absolute Gasteiger partial charge is 0.0295 e. The molecule has 0 amide bonds. The molecule has 1 saturated carbocycles. The monoisotopic (exact) mass is 223 g/mol. The normalized spacial score (nSPS) is 24.4. The Morgan fingerprint density at radius 3 is 1.50 bits per heavy atom. The lowest BCUT2D eigenvalue weighted by molar-refractivity contribution is 0.291. The minimum atomic E-state index is 0.550. The Balaban J connectivity index is 2.35. The van der Waals surface area contributed by atoms with E-state index in [1.165, 1.54) is 77.0 Å². The highest BCUT2D eigenvalue weighted by Crippen LogP contribution is 2.35. The SMILES string of the molecule is CC[CH]C1(C)CCCCCCCCCCC1. The average Bonchev–Trinajstić information content (AvgIpc) is 2.24. The molecule has 0 aromatic carbocycles. The van der Waals surface area contributed by atoms with Crippen LogP contribution in [0.5, 0.6) is 0 Å². The van der Waals surface area contributed by atoms with E-state index in [2.05, 4.69) is 20.3 Å². The fourth-order valence-corrected chi connectivity index (χ4v) is 3.12. The molecule has 1 fully saturated rings. The summed E-state index contributed by atoms with van der Waals surface area (Å²) in [4.78, 5) is 0. The predicted molar refractivity (Wildman–Crippen MR) is 73.5 cm³/mol. The highest BCUT2D eigenvalue weighted by Gasteiger charge is 2.22. The molecule has 0 N–H and O–H groups in total. The van der Waals surface area contributed by atoms with Gasteiger partial charge in [0.05, 0.1) is 0 Å². The van der Waals surface area contributed by atoms with Crippen molar-refractivity contribution in [2.24, 2.45) is 5.41 Å². The first-order valence-electron chi connectivity index (χ1n) is 7.61. The Morgan fingerprint density at radius 2 is 1.12 bits per heavy atom. The van der Waals surface area contributed by atoms with Gasteiger partial charge in [-0.1, -0.05) is 78.1 Å². The summed E-state index contributed by atoms with van der Waals surface area (Å²) < 4.78 is 0. The third-order valence-electron chi connectivity index (χ3n) is 4.19. The molecule has 0 bridgehead atoms. The van der Waals surface area contributed by atoms with Crippen LogP contribution in [-0.4, -0.2) is 0 Å². The van der Waals surface area contributed by atoms with E-state index in [4.69, 9.17) is 0 Å². The van der Waals surface area contributed by atoms with Crippen molar-refractivity contribution in [2.45, 2.75) is 90.9 Å². The molecule has 0 aromatic rings. The highest BCUT2D eigenvalue weighted by molar-refractivity contribution is 4.87. The molecule has 95 valence electrons. The van der Waals surface area contributed by atoms with Gasteiger partial charge in [0.1, 0.15) is 0 Å². The summed E-state index contributed by atoms with van der Waals surface area (Å²) in [6.07, 6.45) is 19.9. The van der Waals surface area contributed by atoms with Gasteiger partial charge >= 0.3 is 0 Å². The molecule has 1 rings (SSSR count). The number of hydrogen-bond acceptors (Lipinski definition) is 0. The van der Waals surface area contributed by atoms with Crippen molar-refractivity contribution in [1.29, 1.82) is 0 Å². The van der Waals surface area contributed by atoms with Gasteiger partial charge in [0.25, 0.3) is 0 Å². The second-order valence-corrected chi connectivity index (χ2v) is 5.95. The zero-order valence-electron chi connectivity index (χ0n) is 11.6. The van der Waals surface area contributed by atoms with E-state index in [-0.39, 0.29) is 0 Å². The minimum Gasteiger partial charge on any atom is -0.0651 e. The Kier molecular flexibility index (Phi) is 7.16. The quantitative estimate of drug-likeness (QED) is 0.546. The van der Waals surface area contributed by atoms with Crippen LogP contribution in [0.25, 0.3) is 0 Å².